The monoisotopic (exact) mass is 277 g/mol. The molecule has 0 atom stereocenters. The van der Waals surface area contributed by atoms with E-state index >= 15 is 0 Å². The van der Waals surface area contributed by atoms with Crippen LogP contribution in [0.2, 0.25) is 0 Å². The number of ether oxygens (including phenoxy) is 1. The number of piperazine rings is 1. The Labute approximate surface area is 120 Å². The molecule has 0 unspecified atom stereocenters. The highest BCUT2D eigenvalue weighted by Gasteiger charge is 2.20. The number of hydrogen-bond acceptors (Lipinski definition) is 4. The zero-order chi connectivity index (χ0) is 14.2. The Bertz CT molecular complexity index is 403. The standard InChI is InChI=1S/C15H23N3O2/c16-6-11-20-13-15(19)18-9-7-17(8-10-18)12-14-4-2-1-3-5-14/h1-5H,6-13,16H2. The van der Waals surface area contributed by atoms with Gasteiger partial charge < -0.3 is 15.4 Å². The Morgan fingerprint density at radius 2 is 1.85 bits per heavy atom. The molecule has 1 fully saturated rings. The second-order valence-electron chi connectivity index (χ2n) is 4.98. The van der Waals surface area contributed by atoms with Crippen molar-refractivity contribution in [1.82, 2.24) is 9.80 Å². The van der Waals surface area contributed by atoms with Crippen LogP contribution >= 0.6 is 0 Å². The second kappa shape index (κ2) is 7.99. The lowest BCUT2D eigenvalue weighted by Gasteiger charge is -2.34. The average molecular weight is 277 g/mol. The minimum atomic E-state index is 0.0674. The summed E-state index contributed by atoms with van der Waals surface area (Å²) in [5.41, 5.74) is 6.65. The topological polar surface area (TPSA) is 58.8 Å². The number of carbonyl (C=O) groups is 1. The molecule has 0 bridgehead atoms. The quantitative estimate of drug-likeness (QED) is 0.760. The fourth-order valence-corrected chi connectivity index (χ4v) is 2.33. The van der Waals surface area contributed by atoms with Gasteiger partial charge in [0.2, 0.25) is 5.91 Å². The van der Waals surface area contributed by atoms with Crippen LogP contribution in [0.1, 0.15) is 5.56 Å². The van der Waals surface area contributed by atoms with Crippen molar-refractivity contribution < 1.29 is 9.53 Å². The number of nitrogens with two attached hydrogens (primary N) is 1. The van der Waals surface area contributed by atoms with E-state index in [9.17, 15) is 4.79 Å². The van der Waals surface area contributed by atoms with E-state index in [2.05, 4.69) is 29.2 Å². The molecule has 1 aromatic rings. The molecule has 1 aliphatic heterocycles. The molecule has 0 aliphatic carbocycles. The van der Waals surface area contributed by atoms with Gasteiger partial charge in [-0.1, -0.05) is 30.3 Å². The van der Waals surface area contributed by atoms with Gasteiger partial charge >= 0.3 is 0 Å². The first-order chi connectivity index (χ1) is 9.79. The Balaban J connectivity index is 1.71. The highest BCUT2D eigenvalue weighted by molar-refractivity contribution is 5.77. The maximum absolute atomic E-state index is 11.9. The van der Waals surface area contributed by atoms with Gasteiger partial charge in [0.1, 0.15) is 6.61 Å². The minimum absolute atomic E-state index is 0.0674. The van der Waals surface area contributed by atoms with E-state index in [4.69, 9.17) is 10.5 Å². The average Bonchev–Trinajstić information content (AvgIpc) is 2.49. The van der Waals surface area contributed by atoms with Gasteiger partial charge in [0, 0.05) is 39.3 Å². The molecule has 20 heavy (non-hydrogen) atoms. The fraction of sp³-hybridized carbons (Fsp3) is 0.533. The summed E-state index contributed by atoms with van der Waals surface area (Å²) in [6, 6.07) is 10.4. The fourth-order valence-electron chi connectivity index (χ4n) is 2.33. The number of hydrogen-bond donors (Lipinski definition) is 1. The molecule has 110 valence electrons. The van der Waals surface area contributed by atoms with Gasteiger partial charge in [0.15, 0.2) is 0 Å². The Kier molecular flexibility index (Phi) is 5.98. The van der Waals surface area contributed by atoms with Crippen molar-refractivity contribution in [3.63, 3.8) is 0 Å². The van der Waals surface area contributed by atoms with Crippen LogP contribution in [-0.4, -0.2) is 61.6 Å². The zero-order valence-electron chi connectivity index (χ0n) is 11.8. The molecule has 5 nitrogen and oxygen atoms in total. The molecule has 0 radical (unpaired) electrons. The second-order valence-corrected chi connectivity index (χ2v) is 4.98. The first-order valence-electron chi connectivity index (χ1n) is 7.11. The summed E-state index contributed by atoms with van der Waals surface area (Å²) in [6.45, 7) is 5.38. The van der Waals surface area contributed by atoms with Gasteiger partial charge in [-0.2, -0.15) is 0 Å². The first-order valence-corrected chi connectivity index (χ1v) is 7.11. The highest BCUT2D eigenvalue weighted by Crippen LogP contribution is 2.08. The van der Waals surface area contributed by atoms with E-state index in [1.165, 1.54) is 5.56 Å². The van der Waals surface area contributed by atoms with Crippen LogP contribution in [0.4, 0.5) is 0 Å². The normalized spacial score (nSPS) is 16.4. The van der Waals surface area contributed by atoms with Crippen LogP contribution in [-0.2, 0) is 16.1 Å². The minimum Gasteiger partial charge on any atom is -0.370 e. The molecule has 0 spiro atoms. The van der Waals surface area contributed by atoms with Crippen LogP contribution in [0.5, 0.6) is 0 Å². The molecule has 2 N–H and O–H groups in total. The van der Waals surface area contributed by atoms with Gasteiger partial charge in [-0.25, -0.2) is 0 Å². The van der Waals surface area contributed by atoms with E-state index < -0.39 is 0 Å². The van der Waals surface area contributed by atoms with Crippen molar-refractivity contribution in [1.29, 1.82) is 0 Å². The molecule has 5 heteroatoms. The maximum Gasteiger partial charge on any atom is 0.248 e. The van der Waals surface area contributed by atoms with Crippen molar-refractivity contribution in [3.05, 3.63) is 35.9 Å². The number of nitrogens with zero attached hydrogens (tertiary/aromatic N) is 2. The van der Waals surface area contributed by atoms with Gasteiger partial charge in [-0.15, -0.1) is 0 Å². The smallest absolute Gasteiger partial charge is 0.248 e. The Morgan fingerprint density at radius 3 is 2.50 bits per heavy atom. The van der Waals surface area contributed by atoms with Crippen LogP contribution in [0.15, 0.2) is 30.3 Å². The predicted octanol–water partition coefficient (Wildman–Crippen LogP) is 0.306. The summed E-state index contributed by atoms with van der Waals surface area (Å²) < 4.78 is 5.19. The predicted molar refractivity (Wildman–Crippen MR) is 78.2 cm³/mol. The molecule has 1 aliphatic rings. The van der Waals surface area contributed by atoms with Gasteiger partial charge in [0.05, 0.1) is 6.61 Å². The van der Waals surface area contributed by atoms with E-state index in [-0.39, 0.29) is 12.5 Å². The summed E-state index contributed by atoms with van der Waals surface area (Å²) in [5, 5.41) is 0. The molecule has 0 aromatic heterocycles. The van der Waals surface area contributed by atoms with Crippen LogP contribution in [0.25, 0.3) is 0 Å². The lowest BCUT2D eigenvalue weighted by molar-refractivity contribution is -0.137. The van der Waals surface area contributed by atoms with E-state index in [1.54, 1.807) is 0 Å². The van der Waals surface area contributed by atoms with Crippen LogP contribution < -0.4 is 5.73 Å². The number of benzene rings is 1. The Morgan fingerprint density at radius 1 is 1.15 bits per heavy atom. The third-order valence-electron chi connectivity index (χ3n) is 3.46. The maximum atomic E-state index is 11.9. The number of amides is 1. The SMILES string of the molecule is NCCOCC(=O)N1CCN(Cc2ccccc2)CC1. The van der Waals surface area contributed by atoms with Gasteiger partial charge in [0.25, 0.3) is 0 Å². The van der Waals surface area contributed by atoms with Crippen molar-refractivity contribution in [2.75, 3.05) is 45.9 Å². The molecule has 1 amide bonds. The first kappa shape index (κ1) is 15.0. The lowest BCUT2D eigenvalue weighted by Crippen LogP contribution is -2.49. The van der Waals surface area contributed by atoms with E-state index in [1.807, 2.05) is 11.0 Å². The van der Waals surface area contributed by atoms with Gasteiger partial charge in [-0.3, -0.25) is 9.69 Å². The zero-order valence-corrected chi connectivity index (χ0v) is 11.8. The van der Waals surface area contributed by atoms with Crippen LogP contribution in [0.3, 0.4) is 0 Å². The molecular weight excluding hydrogens is 254 g/mol. The van der Waals surface area contributed by atoms with Crippen molar-refractivity contribution in [3.8, 4) is 0 Å². The molecular formula is C15H23N3O2. The summed E-state index contributed by atoms with van der Waals surface area (Å²) >= 11 is 0. The molecule has 1 saturated heterocycles. The van der Waals surface area contributed by atoms with Crippen molar-refractivity contribution in [2.45, 2.75) is 6.54 Å². The van der Waals surface area contributed by atoms with Crippen molar-refractivity contribution >= 4 is 5.91 Å². The number of rotatable bonds is 6. The van der Waals surface area contributed by atoms with Crippen LogP contribution in [0, 0.1) is 0 Å². The summed E-state index contributed by atoms with van der Waals surface area (Å²) in [4.78, 5) is 16.1. The van der Waals surface area contributed by atoms with E-state index in [0.717, 1.165) is 32.7 Å². The molecule has 1 aromatic carbocycles. The third-order valence-corrected chi connectivity index (χ3v) is 3.46. The largest absolute Gasteiger partial charge is 0.370 e. The summed E-state index contributed by atoms with van der Waals surface area (Å²) in [6.07, 6.45) is 0. The lowest BCUT2D eigenvalue weighted by atomic mass is 10.2. The molecule has 1 heterocycles. The van der Waals surface area contributed by atoms with Gasteiger partial charge in [-0.05, 0) is 5.56 Å². The molecule has 0 saturated carbocycles. The molecule has 2 rings (SSSR count). The van der Waals surface area contributed by atoms with E-state index in [0.29, 0.717) is 13.2 Å². The summed E-state index contributed by atoms with van der Waals surface area (Å²) in [5.74, 6) is 0.0674. The Hall–Kier alpha value is -1.43. The number of carbonyl (C=O) groups excluding carboxylic acids is 1. The summed E-state index contributed by atoms with van der Waals surface area (Å²) in [7, 11) is 0. The third kappa shape index (κ3) is 4.59. The highest BCUT2D eigenvalue weighted by atomic mass is 16.5. The van der Waals surface area contributed by atoms with Crippen molar-refractivity contribution in [2.24, 2.45) is 5.73 Å².